The van der Waals surface area contributed by atoms with Gasteiger partial charge in [-0.25, -0.2) is 9.18 Å². The number of halogens is 2. The summed E-state index contributed by atoms with van der Waals surface area (Å²) in [4.78, 5) is 38.2. The van der Waals surface area contributed by atoms with Crippen LogP contribution in [0.3, 0.4) is 0 Å². The van der Waals surface area contributed by atoms with E-state index in [4.69, 9.17) is 14.9 Å². The van der Waals surface area contributed by atoms with Crippen molar-refractivity contribution in [1.82, 2.24) is 4.90 Å². The fourth-order valence-corrected chi connectivity index (χ4v) is 3.49. The average molecular weight is 470 g/mol. The number of amides is 3. The molecule has 0 aliphatic carbocycles. The SMILES string of the molecule is CC(C)(C)OC(=O)N1CC(F)CC1C(=O)Nc1c(C(N)=O)oc2ccc(Br)cc12. The molecule has 1 aromatic carbocycles. The maximum atomic E-state index is 14.0. The predicted molar refractivity (Wildman–Crippen MR) is 107 cm³/mol. The van der Waals surface area contributed by atoms with Crippen LogP contribution in [0.2, 0.25) is 0 Å². The Hall–Kier alpha value is -2.62. The minimum absolute atomic E-state index is 0.0743. The lowest BCUT2D eigenvalue weighted by atomic mass is 10.1. The van der Waals surface area contributed by atoms with E-state index in [9.17, 15) is 18.8 Å². The lowest BCUT2D eigenvalue weighted by Gasteiger charge is -2.27. The summed E-state index contributed by atoms with van der Waals surface area (Å²) in [7, 11) is 0. The van der Waals surface area contributed by atoms with Crippen molar-refractivity contribution in [2.24, 2.45) is 5.73 Å². The highest BCUT2D eigenvalue weighted by molar-refractivity contribution is 9.10. The Morgan fingerprint density at radius 1 is 1.34 bits per heavy atom. The molecule has 8 nitrogen and oxygen atoms in total. The number of hydrogen-bond acceptors (Lipinski definition) is 5. The lowest BCUT2D eigenvalue weighted by molar-refractivity contribution is -0.120. The van der Waals surface area contributed by atoms with Crippen LogP contribution in [0.25, 0.3) is 11.0 Å². The summed E-state index contributed by atoms with van der Waals surface area (Å²) in [5.74, 6) is -1.77. The zero-order chi connectivity index (χ0) is 21.5. The van der Waals surface area contributed by atoms with Crippen molar-refractivity contribution in [3.63, 3.8) is 0 Å². The van der Waals surface area contributed by atoms with Crippen molar-refractivity contribution in [1.29, 1.82) is 0 Å². The second-order valence-corrected chi connectivity index (χ2v) is 8.70. The lowest BCUT2D eigenvalue weighted by Crippen LogP contribution is -2.45. The molecule has 3 amide bonds. The molecule has 1 aliphatic heterocycles. The molecule has 3 rings (SSSR count). The van der Waals surface area contributed by atoms with E-state index in [1.165, 1.54) is 0 Å². The van der Waals surface area contributed by atoms with Gasteiger partial charge in [0.2, 0.25) is 11.7 Å². The van der Waals surface area contributed by atoms with Crippen LogP contribution in [0.5, 0.6) is 0 Å². The molecule has 2 unspecified atom stereocenters. The third kappa shape index (κ3) is 4.52. The zero-order valence-corrected chi connectivity index (χ0v) is 17.7. The fourth-order valence-electron chi connectivity index (χ4n) is 3.13. The van der Waals surface area contributed by atoms with E-state index in [2.05, 4.69) is 21.2 Å². The van der Waals surface area contributed by atoms with Crippen molar-refractivity contribution < 1.29 is 27.9 Å². The molecule has 1 aliphatic rings. The molecule has 2 heterocycles. The van der Waals surface area contributed by atoms with Crippen LogP contribution in [0, 0.1) is 0 Å². The van der Waals surface area contributed by atoms with Gasteiger partial charge in [0, 0.05) is 16.3 Å². The zero-order valence-electron chi connectivity index (χ0n) is 16.1. The third-order valence-corrected chi connectivity index (χ3v) is 4.80. The van der Waals surface area contributed by atoms with E-state index < -0.39 is 35.7 Å². The quantitative estimate of drug-likeness (QED) is 0.712. The maximum absolute atomic E-state index is 14.0. The summed E-state index contributed by atoms with van der Waals surface area (Å²) < 4.78 is 25.5. The summed E-state index contributed by atoms with van der Waals surface area (Å²) in [5, 5.41) is 3.03. The number of ether oxygens (including phenoxy) is 1. The molecule has 1 fully saturated rings. The van der Waals surface area contributed by atoms with E-state index in [-0.39, 0.29) is 24.4 Å². The van der Waals surface area contributed by atoms with Gasteiger partial charge in [-0.1, -0.05) is 15.9 Å². The maximum Gasteiger partial charge on any atom is 0.411 e. The van der Waals surface area contributed by atoms with E-state index in [0.717, 1.165) is 4.90 Å². The van der Waals surface area contributed by atoms with Gasteiger partial charge in [0.05, 0.1) is 6.54 Å². The first-order valence-corrected chi connectivity index (χ1v) is 9.72. The number of rotatable bonds is 3. The number of alkyl halides is 1. The average Bonchev–Trinajstić information content (AvgIpc) is 3.14. The molecule has 156 valence electrons. The highest BCUT2D eigenvalue weighted by atomic mass is 79.9. The minimum atomic E-state index is -1.37. The molecule has 10 heteroatoms. The molecule has 1 saturated heterocycles. The molecule has 1 aromatic heterocycles. The molecule has 0 radical (unpaired) electrons. The van der Waals surface area contributed by atoms with Crippen LogP contribution in [0.1, 0.15) is 37.7 Å². The number of nitrogens with two attached hydrogens (primary N) is 1. The molecular weight excluding hydrogens is 449 g/mol. The van der Waals surface area contributed by atoms with Gasteiger partial charge in [-0.3, -0.25) is 14.5 Å². The predicted octanol–water partition coefficient (Wildman–Crippen LogP) is 3.58. The molecular formula is C19H21BrFN3O5. The largest absolute Gasteiger partial charge is 0.449 e. The number of carbonyl (C=O) groups excluding carboxylic acids is 3. The van der Waals surface area contributed by atoms with Crippen molar-refractivity contribution in [3.8, 4) is 0 Å². The number of nitrogens with zero attached hydrogens (tertiary/aromatic N) is 1. The first kappa shape index (κ1) is 21.1. The first-order valence-electron chi connectivity index (χ1n) is 8.92. The molecule has 29 heavy (non-hydrogen) atoms. The smallest absolute Gasteiger partial charge is 0.411 e. The number of benzene rings is 1. The molecule has 3 N–H and O–H groups in total. The Bertz CT molecular complexity index is 984. The Morgan fingerprint density at radius 2 is 2.03 bits per heavy atom. The van der Waals surface area contributed by atoms with E-state index in [0.29, 0.717) is 15.4 Å². The van der Waals surface area contributed by atoms with Gasteiger partial charge in [0.1, 0.15) is 29.1 Å². The standard InChI is InChI=1S/C19H21BrFN3O5/c1-19(2,3)29-18(27)24-8-10(21)7-12(24)17(26)23-14-11-6-9(20)4-5-13(11)28-15(14)16(22)25/h4-6,10,12H,7-8H2,1-3H3,(H2,22,25)(H,23,26). The normalized spacial score (nSPS) is 19.4. The first-order chi connectivity index (χ1) is 13.5. The van der Waals surface area contributed by atoms with Crippen LogP contribution in [-0.4, -0.2) is 47.2 Å². The summed E-state index contributed by atoms with van der Waals surface area (Å²) in [5.41, 5.74) is 5.00. The Balaban J connectivity index is 1.91. The second-order valence-electron chi connectivity index (χ2n) is 7.78. The monoisotopic (exact) mass is 469 g/mol. The summed E-state index contributed by atoms with van der Waals surface area (Å²) >= 11 is 3.32. The van der Waals surface area contributed by atoms with Crippen LogP contribution < -0.4 is 11.1 Å². The number of furan rings is 1. The van der Waals surface area contributed by atoms with Crippen molar-refractivity contribution in [2.45, 2.75) is 45.0 Å². The van der Waals surface area contributed by atoms with Gasteiger partial charge >= 0.3 is 6.09 Å². The number of hydrogen-bond donors (Lipinski definition) is 2. The number of carbonyl (C=O) groups is 3. The molecule has 0 spiro atoms. The number of likely N-dealkylation sites (tertiary alicyclic amines) is 1. The van der Waals surface area contributed by atoms with Gasteiger partial charge in [0.25, 0.3) is 5.91 Å². The van der Waals surface area contributed by atoms with Crippen LogP contribution in [0.15, 0.2) is 27.1 Å². The van der Waals surface area contributed by atoms with Crippen molar-refractivity contribution in [3.05, 3.63) is 28.4 Å². The van der Waals surface area contributed by atoms with Crippen LogP contribution >= 0.6 is 15.9 Å². The van der Waals surface area contributed by atoms with Gasteiger partial charge in [-0.05, 0) is 39.0 Å². The second kappa shape index (κ2) is 7.66. The summed E-state index contributed by atoms with van der Waals surface area (Å²) in [6.07, 6.45) is -2.34. The van der Waals surface area contributed by atoms with Gasteiger partial charge < -0.3 is 20.2 Å². The fraction of sp³-hybridized carbons (Fsp3) is 0.421. The van der Waals surface area contributed by atoms with Crippen molar-refractivity contribution in [2.75, 3.05) is 11.9 Å². The molecule has 0 saturated carbocycles. The van der Waals surface area contributed by atoms with Gasteiger partial charge in [0.15, 0.2) is 0 Å². The topological polar surface area (TPSA) is 115 Å². The number of nitrogens with one attached hydrogen (secondary N) is 1. The molecule has 0 bridgehead atoms. The highest BCUT2D eigenvalue weighted by Crippen LogP contribution is 2.34. The van der Waals surface area contributed by atoms with Gasteiger partial charge in [-0.2, -0.15) is 0 Å². The summed E-state index contributed by atoms with van der Waals surface area (Å²) in [6, 6.07) is 3.87. The van der Waals surface area contributed by atoms with Crippen LogP contribution in [0.4, 0.5) is 14.9 Å². The number of fused-ring (bicyclic) bond motifs is 1. The molecule has 2 aromatic rings. The van der Waals surface area contributed by atoms with E-state index in [1.54, 1.807) is 39.0 Å². The Morgan fingerprint density at radius 3 is 2.66 bits per heavy atom. The third-order valence-electron chi connectivity index (χ3n) is 4.30. The summed E-state index contributed by atoms with van der Waals surface area (Å²) in [6.45, 7) is 4.78. The number of anilines is 1. The highest BCUT2D eigenvalue weighted by Gasteiger charge is 2.42. The Kier molecular flexibility index (Phi) is 5.57. The molecule has 2 atom stereocenters. The van der Waals surface area contributed by atoms with E-state index in [1.807, 2.05) is 0 Å². The van der Waals surface area contributed by atoms with Crippen molar-refractivity contribution >= 4 is 50.5 Å². The number of primary amides is 1. The minimum Gasteiger partial charge on any atom is -0.449 e. The van der Waals surface area contributed by atoms with E-state index >= 15 is 0 Å². The Labute approximate surface area is 174 Å². The van der Waals surface area contributed by atoms with Gasteiger partial charge in [-0.15, -0.1) is 0 Å². The van der Waals surface area contributed by atoms with Crippen LogP contribution in [-0.2, 0) is 9.53 Å².